The van der Waals surface area contributed by atoms with Gasteiger partial charge in [0.05, 0.1) is 12.1 Å². The van der Waals surface area contributed by atoms with Crippen LogP contribution >= 0.6 is 15.9 Å². The highest BCUT2D eigenvalue weighted by atomic mass is 79.9. The van der Waals surface area contributed by atoms with Crippen LogP contribution in [-0.2, 0) is 5.41 Å². The molecule has 2 aromatic heterocycles. The minimum atomic E-state index is -0.368. The van der Waals surface area contributed by atoms with Gasteiger partial charge < -0.3 is 10.1 Å². The lowest BCUT2D eigenvalue weighted by Gasteiger charge is -2.17. The van der Waals surface area contributed by atoms with Crippen LogP contribution in [0.3, 0.4) is 0 Å². The van der Waals surface area contributed by atoms with Crippen LogP contribution in [0.1, 0.15) is 19.7 Å². The van der Waals surface area contributed by atoms with Crippen LogP contribution in [0.25, 0.3) is 11.2 Å². The maximum atomic E-state index is 9.24. The minimum Gasteiger partial charge on any atom is -0.395 e. The van der Waals surface area contributed by atoms with E-state index in [0.717, 1.165) is 15.8 Å². The number of aliphatic hydroxyl groups is 1. The number of aromatic amines is 1. The van der Waals surface area contributed by atoms with Gasteiger partial charge in [-0.1, -0.05) is 13.8 Å². The largest absolute Gasteiger partial charge is 0.395 e. The third kappa shape index (κ3) is 1.89. The van der Waals surface area contributed by atoms with Gasteiger partial charge >= 0.3 is 0 Å². The van der Waals surface area contributed by atoms with Gasteiger partial charge in [0.1, 0.15) is 5.82 Å². The Morgan fingerprint density at radius 3 is 2.93 bits per heavy atom. The molecule has 15 heavy (non-hydrogen) atoms. The molecule has 4 nitrogen and oxygen atoms in total. The van der Waals surface area contributed by atoms with Gasteiger partial charge in [-0.3, -0.25) is 0 Å². The molecule has 2 heterocycles. The van der Waals surface area contributed by atoms with Crippen molar-refractivity contribution in [1.82, 2.24) is 15.0 Å². The lowest BCUT2D eigenvalue weighted by atomic mass is 9.94. The Labute approximate surface area is 95.9 Å². The highest BCUT2D eigenvalue weighted by Crippen LogP contribution is 2.23. The number of imidazole rings is 1. The summed E-state index contributed by atoms with van der Waals surface area (Å²) in [6.07, 6.45) is 1.71. The Hall–Kier alpha value is -0.940. The molecular weight excluding hydrogens is 258 g/mol. The number of H-pyrrole nitrogens is 1. The fraction of sp³-hybridized carbons (Fsp3) is 0.400. The number of halogens is 1. The molecule has 0 aliphatic rings. The average molecular weight is 270 g/mol. The zero-order chi connectivity index (χ0) is 11.1. The van der Waals surface area contributed by atoms with Gasteiger partial charge in [0.15, 0.2) is 5.65 Å². The number of nitrogens with zero attached hydrogens (tertiary/aromatic N) is 2. The van der Waals surface area contributed by atoms with Crippen molar-refractivity contribution in [3.05, 3.63) is 22.6 Å². The predicted octanol–water partition coefficient (Wildman–Crippen LogP) is 1.99. The standard InChI is InChI=1S/C10H12BrN3O/c1-10(2,5-15)9-13-7-3-6(11)4-12-8(7)14-9/h3-4,15H,5H2,1-2H3,(H,12,13,14). The Morgan fingerprint density at radius 1 is 1.53 bits per heavy atom. The summed E-state index contributed by atoms with van der Waals surface area (Å²) in [6.45, 7) is 3.91. The van der Waals surface area contributed by atoms with E-state index in [1.807, 2.05) is 19.9 Å². The second-order valence-corrected chi connectivity index (χ2v) is 5.07. The zero-order valence-electron chi connectivity index (χ0n) is 8.58. The number of aliphatic hydroxyl groups excluding tert-OH is 1. The fourth-order valence-electron chi connectivity index (χ4n) is 1.27. The van der Waals surface area contributed by atoms with Crippen molar-refractivity contribution < 1.29 is 5.11 Å². The summed E-state index contributed by atoms with van der Waals surface area (Å²) in [5, 5.41) is 9.24. The quantitative estimate of drug-likeness (QED) is 0.877. The van der Waals surface area contributed by atoms with E-state index < -0.39 is 0 Å². The van der Waals surface area contributed by atoms with Crippen molar-refractivity contribution in [2.45, 2.75) is 19.3 Å². The molecule has 0 aliphatic heterocycles. The molecule has 0 spiro atoms. The highest BCUT2D eigenvalue weighted by molar-refractivity contribution is 9.10. The van der Waals surface area contributed by atoms with E-state index in [0.29, 0.717) is 5.65 Å². The van der Waals surface area contributed by atoms with E-state index in [9.17, 15) is 5.11 Å². The van der Waals surface area contributed by atoms with Gasteiger partial charge in [-0.25, -0.2) is 9.97 Å². The van der Waals surface area contributed by atoms with Gasteiger partial charge in [-0.2, -0.15) is 0 Å². The second-order valence-electron chi connectivity index (χ2n) is 4.15. The van der Waals surface area contributed by atoms with Crippen LogP contribution in [0.4, 0.5) is 0 Å². The molecule has 0 atom stereocenters. The maximum Gasteiger partial charge on any atom is 0.177 e. The summed E-state index contributed by atoms with van der Waals surface area (Å²) in [5.74, 6) is 0.755. The Balaban J connectivity index is 2.56. The molecule has 2 N–H and O–H groups in total. The lowest BCUT2D eigenvalue weighted by molar-refractivity contribution is 0.212. The molecule has 2 rings (SSSR count). The molecule has 0 radical (unpaired) electrons. The molecule has 80 valence electrons. The molecule has 0 amide bonds. The van der Waals surface area contributed by atoms with Gasteiger partial charge in [-0.05, 0) is 22.0 Å². The Morgan fingerprint density at radius 2 is 2.27 bits per heavy atom. The number of aromatic nitrogens is 3. The first-order valence-corrected chi connectivity index (χ1v) is 5.45. The molecular formula is C10H12BrN3O. The van der Waals surface area contributed by atoms with Gasteiger partial charge in [-0.15, -0.1) is 0 Å². The first kappa shape index (κ1) is 10.6. The van der Waals surface area contributed by atoms with Crippen molar-refractivity contribution in [2.24, 2.45) is 0 Å². The first-order valence-electron chi connectivity index (χ1n) is 4.65. The summed E-state index contributed by atoms with van der Waals surface area (Å²) in [6, 6.07) is 1.92. The molecule has 0 aliphatic carbocycles. The topological polar surface area (TPSA) is 61.8 Å². The van der Waals surface area contributed by atoms with E-state index in [4.69, 9.17) is 0 Å². The molecule has 0 unspecified atom stereocenters. The van der Waals surface area contributed by atoms with E-state index in [1.165, 1.54) is 0 Å². The molecule has 0 fully saturated rings. The normalized spacial score (nSPS) is 12.3. The minimum absolute atomic E-state index is 0.0496. The van der Waals surface area contributed by atoms with Crippen LogP contribution < -0.4 is 0 Å². The number of hydrogen-bond donors (Lipinski definition) is 2. The summed E-state index contributed by atoms with van der Waals surface area (Å²) in [7, 11) is 0. The van der Waals surface area contributed by atoms with E-state index >= 15 is 0 Å². The third-order valence-corrected chi connectivity index (χ3v) is 2.77. The van der Waals surface area contributed by atoms with Crippen LogP contribution in [-0.4, -0.2) is 26.7 Å². The Kier molecular flexibility index (Phi) is 2.52. The van der Waals surface area contributed by atoms with Crippen molar-refractivity contribution >= 4 is 27.1 Å². The van der Waals surface area contributed by atoms with Crippen molar-refractivity contribution in [1.29, 1.82) is 0 Å². The van der Waals surface area contributed by atoms with Crippen LogP contribution in [0.5, 0.6) is 0 Å². The number of pyridine rings is 1. The highest BCUT2D eigenvalue weighted by Gasteiger charge is 2.23. The fourth-order valence-corrected chi connectivity index (χ4v) is 1.60. The number of hydrogen-bond acceptors (Lipinski definition) is 3. The van der Waals surface area contributed by atoms with Crippen molar-refractivity contribution in [3.63, 3.8) is 0 Å². The zero-order valence-corrected chi connectivity index (χ0v) is 10.2. The molecule has 0 saturated heterocycles. The summed E-state index contributed by atoms with van der Waals surface area (Å²) < 4.78 is 0.909. The summed E-state index contributed by atoms with van der Waals surface area (Å²) in [4.78, 5) is 11.7. The first-order chi connectivity index (χ1) is 7.03. The molecule has 5 heteroatoms. The maximum absolute atomic E-state index is 9.24. The average Bonchev–Trinajstić information content (AvgIpc) is 2.61. The monoisotopic (exact) mass is 269 g/mol. The Bertz CT molecular complexity index is 492. The van der Waals surface area contributed by atoms with E-state index in [2.05, 4.69) is 30.9 Å². The number of fused-ring (bicyclic) bond motifs is 1. The van der Waals surface area contributed by atoms with Crippen LogP contribution in [0.2, 0.25) is 0 Å². The SMILES string of the molecule is CC(C)(CO)c1nc2ncc(Br)cc2[nH]1. The van der Waals surface area contributed by atoms with Gasteiger partial charge in [0.2, 0.25) is 0 Å². The van der Waals surface area contributed by atoms with Gasteiger partial charge in [0, 0.05) is 16.1 Å². The number of nitrogens with one attached hydrogen (secondary N) is 1. The van der Waals surface area contributed by atoms with E-state index in [-0.39, 0.29) is 12.0 Å². The smallest absolute Gasteiger partial charge is 0.177 e. The van der Waals surface area contributed by atoms with Crippen molar-refractivity contribution in [3.8, 4) is 0 Å². The van der Waals surface area contributed by atoms with E-state index in [1.54, 1.807) is 6.20 Å². The summed E-state index contributed by atoms with van der Waals surface area (Å²) >= 11 is 3.35. The van der Waals surface area contributed by atoms with Gasteiger partial charge in [0.25, 0.3) is 0 Å². The molecule has 0 saturated carbocycles. The van der Waals surface area contributed by atoms with Crippen molar-refractivity contribution in [2.75, 3.05) is 6.61 Å². The predicted molar refractivity (Wildman–Crippen MR) is 61.7 cm³/mol. The number of rotatable bonds is 2. The van der Waals surface area contributed by atoms with Crippen LogP contribution in [0, 0.1) is 0 Å². The molecule has 0 aromatic carbocycles. The molecule has 0 bridgehead atoms. The summed E-state index contributed by atoms with van der Waals surface area (Å²) in [5.41, 5.74) is 1.18. The lowest BCUT2D eigenvalue weighted by Crippen LogP contribution is -2.23. The third-order valence-electron chi connectivity index (χ3n) is 2.34. The second kappa shape index (κ2) is 3.57. The molecule has 2 aromatic rings. The van der Waals surface area contributed by atoms with Crippen LogP contribution in [0.15, 0.2) is 16.7 Å².